The van der Waals surface area contributed by atoms with E-state index >= 15 is 0 Å². The van der Waals surface area contributed by atoms with Gasteiger partial charge in [-0.1, -0.05) is 0 Å². The van der Waals surface area contributed by atoms with E-state index in [0.29, 0.717) is 30.1 Å². The van der Waals surface area contributed by atoms with Crippen LogP contribution in [0.2, 0.25) is 0 Å². The van der Waals surface area contributed by atoms with Crippen LogP contribution in [-0.4, -0.2) is 44.8 Å². The van der Waals surface area contributed by atoms with Gasteiger partial charge in [0.2, 0.25) is 15.9 Å². The van der Waals surface area contributed by atoms with Gasteiger partial charge in [0.1, 0.15) is 0 Å². The van der Waals surface area contributed by atoms with Gasteiger partial charge in [-0.15, -0.1) is 12.4 Å². The van der Waals surface area contributed by atoms with Crippen molar-refractivity contribution in [3.05, 3.63) is 23.3 Å². The van der Waals surface area contributed by atoms with Crippen molar-refractivity contribution in [1.29, 1.82) is 0 Å². The lowest BCUT2D eigenvalue weighted by molar-refractivity contribution is -0.117. The number of nitrogens with one attached hydrogen (secondary N) is 2. The minimum atomic E-state index is -3.53. The number of halogens is 1. The first-order valence-corrected chi connectivity index (χ1v) is 10.7. The molecule has 0 aliphatic carbocycles. The second kappa shape index (κ2) is 8.47. The molecule has 8 heteroatoms. The van der Waals surface area contributed by atoms with Crippen molar-refractivity contribution in [2.45, 2.75) is 62.9 Å². The number of rotatable bonds is 5. The zero-order valence-corrected chi connectivity index (χ0v) is 18.0. The first kappa shape index (κ1) is 22.1. The summed E-state index contributed by atoms with van der Waals surface area (Å²) in [6.45, 7) is 3.77. The second-order valence-electron chi connectivity index (χ2n) is 7.93. The van der Waals surface area contributed by atoms with Gasteiger partial charge in [0, 0.05) is 38.3 Å². The highest BCUT2D eigenvalue weighted by Gasteiger charge is 2.34. The molecule has 2 atom stereocenters. The number of aryl methyl sites for hydroxylation is 1. The van der Waals surface area contributed by atoms with Crippen molar-refractivity contribution in [1.82, 2.24) is 9.62 Å². The van der Waals surface area contributed by atoms with Crippen molar-refractivity contribution in [3.8, 4) is 0 Å². The van der Waals surface area contributed by atoms with E-state index in [4.69, 9.17) is 0 Å². The summed E-state index contributed by atoms with van der Waals surface area (Å²) in [6, 6.07) is 4.35. The Morgan fingerprint density at radius 1 is 1.19 bits per heavy atom. The topological polar surface area (TPSA) is 78.5 Å². The third-order valence-corrected chi connectivity index (χ3v) is 7.53. The van der Waals surface area contributed by atoms with Gasteiger partial charge in [0.05, 0.1) is 4.90 Å². The zero-order valence-electron chi connectivity index (χ0n) is 16.4. The van der Waals surface area contributed by atoms with Crippen LogP contribution in [0.15, 0.2) is 17.0 Å². The van der Waals surface area contributed by atoms with E-state index in [0.717, 1.165) is 24.0 Å². The molecule has 152 valence electrons. The van der Waals surface area contributed by atoms with E-state index in [2.05, 4.69) is 10.6 Å². The minimum Gasteiger partial charge on any atom is -0.326 e. The molecule has 0 spiro atoms. The molecule has 2 fully saturated rings. The first-order valence-electron chi connectivity index (χ1n) is 9.26. The molecule has 0 saturated carbocycles. The van der Waals surface area contributed by atoms with E-state index < -0.39 is 10.0 Å². The molecule has 2 N–H and O–H groups in total. The molecule has 2 bridgehead atoms. The van der Waals surface area contributed by atoms with Crippen LogP contribution in [0, 0.1) is 19.8 Å². The SMILES string of the molecule is Cc1cc(S(=O)(=O)N(C)C)cc(NC(=O)CC2CC3CCC(C2)N3)c1C.Cl. The Balaban J connectivity index is 0.00000261. The van der Waals surface area contributed by atoms with Crippen molar-refractivity contribution >= 4 is 34.0 Å². The highest BCUT2D eigenvalue weighted by molar-refractivity contribution is 7.89. The van der Waals surface area contributed by atoms with E-state index in [9.17, 15) is 13.2 Å². The fourth-order valence-corrected chi connectivity index (χ4v) is 5.14. The lowest BCUT2D eigenvalue weighted by Gasteiger charge is -2.28. The summed E-state index contributed by atoms with van der Waals surface area (Å²) in [7, 11) is -0.518. The molecule has 2 aliphatic rings. The molecule has 1 amide bonds. The maximum atomic E-state index is 12.6. The summed E-state index contributed by atoms with van der Waals surface area (Å²) in [5, 5.41) is 6.55. The number of benzene rings is 1. The number of carbonyl (C=O) groups excluding carboxylic acids is 1. The van der Waals surface area contributed by atoms with Gasteiger partial charge < -0.3 is 10.6 Å². The van der Waals surface area contributed by atoms with Crippen LogP contribution in [-0.2, 0) is 14.8 Å². The van der Waals surface area contributed by atoms with Crippen LogP contribution in [0.5, 0.6) is 0 Å². The summed E-state index contributed by atoms with van der Waals surface area (Å²) >= 11 is 0. The molecule has 2 unspecified atom stereocenters. The highest BCUT2D eigenvalue weighted by Crippen LogP contribution is 2.33. The fraction of sp³-hybridized carbons (Fsp3) is 0.632. The van der Waals surface area contributed by atoms with Gasteiger partial charge in [-0.2, -0.15) is 0 Å². The Kier molecular flexibility index (Phi) is 6.95. The average Bonchev–Trinajstić information content (AvgIpc) is 2.89. The summed E-state index contributed by atoms with van der Waals surface area (Å²) in [6.07, 6.45) is 5.03. The standard InChI is InChI=1S/C19H29N3O3S.ClH/c1-12-7-17(26(24,25)22(3)4)11-18(13(12)2)21-19(23)10-14-8-15-5-6-16(9-14)20-15;/h7,11,14-16,20H,5-6,8-10H2,1-4H3,(H,21,23);1H. The quantitative estimate of drug-likeness (QED) is 0.775. The van der Waals surface area contributed by atoms with Crippen LogP contribution in [0.4, 0.5) is 5.69 Å². The van der Waals surface area contributed by atoms with Crippen LogP contribution in [0.3, 0.4) is 0 Å². The molecular formula is C19H30ClN3O3S. The number of sulfonamides is 1. The molecule has 6 nitrogen and oxygen atoms in total. The minimum absolute atomic E-state index is 0. The smallest absolute Gasteiger partial charge is 0.242 e. The number of fused-ring (bicyclic) bond motifs is 2. The number of amides is 1. The largest absolute Gasteiger partial charge is 0.326 e. The molecule has 1 aromatic rings. The number of anilines is 1. The van der Waals surface area contributed by atoms with Gasteiger partial charge in [-0.05, 0) is 68.7 Å². The summed E-state index contributed by atoms with van der Waals surface area (Å²) in [5.41, 5.74) is 2.34. The van der Waals surface area contributed by atoms with Crippen molar-refractivity contribution < 1.29 is 13.2 Å². The molecule has 27 heavy (non-hydrogen) atoms. The normalized spacial score (nSPS) is 24.6. The molecular weight excluding hydrogens is 386 g/mol. The number of carbonyl (C=O) groups is 1. The first-order chi connectivity index (χ1) is 12.2. The Morgan fingerprint density at radius 2 is 1.78 bits per heavy atom. The monoisotopic (exact) mass is 415 g/mol. The van der Waals surface area contributed by atoms with Gasteiger partial charge in [0.15, 0.2) is 0 Å². The molecule has 0 aromatic heterocycles. The van der Waals surface area contributed by atoms with E-state index in [1.54, 1.807) is 12.1 Å². The Morgan fingerprint density at radius 3 is 2.33 bits per heavy atom. The highest BCUT2D eigenvalue weighted by atomic mass is 35.5. The van der Waals surface area contributed by atoms with Crippen molar-refractivity contribution in [2.24, 2.45) is 5.92 Å². The van der Waals surface area contributed by atoms with E-state index in [1.165, 1.54) is 31.2 Å². The zero-order chi connectivity index (χ0) is 19.1. The Bertz CT molecular complexity index is 799. The van der Waals surface area contributed by atoms with Crippen LogP contribution in [0.25, 0.3) is 0 Å². The van der Waals surface area contributed by atoms with Crippen molar-refractivity contribution in [3.63, 3.8) is 0 Å². The Hall–Kier alpha value is -1.15. The molecule has 3 rings (SSSR count). The van der Waals surface area contributed by atoms with E-state index in [1.807, 2.05) is 13.8 Å². The molecule has 2 aliphatic heterocycles. The van der Waals surface area contributed by atoms with Gasteiger partial charge in [-0.3, -0.25) is 4.79 Å². The van der Waals surface area contributed by atoms with Gasteiger partial charge in [-0.25, -0.2) is 12.7 Å². The second-order valence-corrected chi connectivity index (χ2v) is 10.1. The predicted octanol–water partition coefficient (Wildman–Crippen LogP) is 2.83. The maximum absolute atomic E-state index is 12.6. The summed E-state index contributed by atoms with van der Waals surface area (Å²) < 4.78 is 26.1. The molecule has 2 heterocycles. The van der Waals surface area contributed by atoms with Crippen molar-refractivity contribution in [2.75, 3.05) is 19.4 Å². The average molecular weight is 416 g/mol. The number of hydrogen-bond donors (Lipinski definition) is 2. The fourth-order valence-electron chi connectivity index (χ4n) is 4.12. The van der Waals surface area contributed by atoms with Crippen LogP contribution < -0.4 is 10.6 Å². The molecule has 1 aromatic carbocycles. The number of hydrogen-bond acceptors (Lipinski definition) is 4. The summed E-state index contributed by atoms with van der Waals surface area (Å²) in [4.78, 5) is 12.8. The number of piperidine rings is 1. The van der Waals surface area contributed by atoms with E-state index in [-0.39, 0.29) is 23.2 Å². The third-order valence-electron chi connectivity index (χ3n) is 5.74. The molecule has 0 radical (unpaired) electrons. The lowest BCUT2D eigenvalue weighted by Crippen LogP contribution is -2.39. The number of nitrogens with zero attached hydrogens (tertiary/aromatic N) is 1. The third kappa shape index (κ3) is 4.83. The van der Waals surface area contributed by atoms with Crippen LogP contribution in [0.1, 0.15) is 43.2 Å². The van der Waals surface area contributed by atoms with Crippen LogP contribution >= 0.6 is 12.4 Å². The van der Waals surface area contributed by atoms with Gasteiger partial charge in [0.25, 0.3) is 0 Å². The Labute approximate surface area is 168 Å². The van der Waals surface area contributed by atoms with Gasteiger partial charge >= 0.3 is 0 Å². The lowest BCUT2D eigenvalue weighted by atomic mass is 9.89. The predicted molar refractivity (Wildman–Crippen MR) is 110 cm³/mol. The summed E-state index contributed by atoms with van der Waals surface area (Å²) in [5.74, 6) is 0.377. The molecule has 2 saturated heterocycles. The maximum Gasteiger partial charge on any atom is 0.242 e.